The molecule has 0 aliphatic carbocycles. The second kappa shape index (κ2) is 5.20. The van der Waals surface area contributed by atoms with Gasteiger partial charge in [-0.25, -0.2) is 8.78 Å². The van der Waals surface area contributed by atoms with Crippen LogP contribution in [0, 0.1) is 17.6 Å². The lowest BCUT2D eigenvalue weighted by atomic mass is 9.88. The van der Waals surface area contributed by atoms with Gasteiger partial charge in [-0.3, -0.25) is 0 Å². The molecule has 3 nitrogen and oxygen atoms in total. The van der Waals surface area contributed by atoms with Crippen molar-refractivity contribution in [3.8, 4) is 5.75 Å². The van der Waals surface area contributed by atoms with Crippen molar-refractivity contribution >= 4 is 0 Å². The number of hydrogen-bond acceptors (Lipinski definition) is 3. The number of benzene rings is 1. The van der Waals surface area contributed by atoms with E-state index in [-0.39, 0.29) is 23.3 Å². The van der Waals surface area contributed by atoms with Crippen molar-refractivity contribution in [2.75, 3.05) is 13.7 Å². The van der Waals surface area contributed by atoms with Crippen LogP contribution in [-0.2, 0) is 4.74 Å². The summed E-state index contributed by atoms with van der Waals surface area (Å²) in [4.78, 5) is 0. The Morgan fingerprint density at radius 2 is 2.00 bits per heavy atom. The minimum absolute atomic E-state index is 0.0672. The van der Waals surface area contributed by atoms with E-state index >= 15 is 0 Å². The third kappa shape index (κ3) is 2.33. The van der Waals surface area contributed by atoms with Crippen molar-refractivity contribution < 1.29 is 18.3 Å². The Bertz CT molecular complexity index is 416. The van der Waals surface area contributed by atoms with Crippen molar-refractivity contribution in [2.45, 2.75) is 25.5 Å². The summed E-state index contributed by atoms with van der Waals surface area (Å²) in [6, 6.07) is 1.60. The van der Waals surface area contributed by atoms with Gasteiger partial charge in [-0.2, -0.15) is 0 Å². The molecular formula is C13H17F2NO2. The molecule has 3 atom stereocenters. The summed E-state index contributed by atoms with van der Waals surface area (Å²) >= 11 is 0. The van der Waals surface area contributed by atoms with Crippen LogP contribution < -0.4 is 10.5 Å². The predicted octanol–water partition coefficient (Wildman–Crippen LogP) is 2.40. The number of nitrogens with two attached hydrogens (primary N) is 1. The zero-order valence-corrected chi connectivity index (χ0v) is 10.5. The molecule has 3 unspecified atom stereocenters. The van der Waals surface area contributed by atoms with E-state index in [1.54, 1.807) is 0 Å². The predicted molar refractivity (Wildman–Crippen MR) is 63.4 cm³/mol. The lowest BCUT2D eigenvalue weighted by Gasteiger charge is -2.23. The molecule has 0 radical (unpaired) electrons. The maximum Gasteiger partial charge on any atom is 0.134 e. The van der Waals surface area contributed by atoms with E-state index in [0.29, 0.717) is 13.0 Å². The van der Waals surface area contributed by atoms with Gasteiger partial charge in [0.05, 0.1) is 13.2 Å². The molecule has 5 heteroatoms. The summed E-state index contributed by atoms with van der Waals surface area (Å²) < 4.78 is 38.0. The van der Waals surface area contributed by atoms with Crippen LogP contribution in [-0.4, -0.2) is 19.8 Å². The lowest BCUT2D eigenvalue weighted by molar-refractivity contribution is 0.0988. The van der Waals surface area contributed by atoms with Gasteiger partial charge in [0.2, 0.25) is 0 Å². The Hall–Kier alpha value is -1.20. The second-order valence-corrected chi connectivity index (χ2v) is 4.56. The molecule has 1 aliphatic rings. The Kier molecular flexibility index (Phi) is 3.82. The van der Waals surface area contributed by atoms with Gasteiger partial charge in [-0.1, -0.05) is 0 Å². The van der Waals surface area contributed by atoms with E-state index in [4.69, 9.17) is 15.2 Å². The Morgan fingerprint density at radius 3 is 2.44 bits per heavy atom. The van der Waals surface area contributed by atoms with Crippen LogP contribution in [0.5, 0.6) is 5.75 Å². The summed E-state index contributed by atoms with van der Waals surface area (Å²) in [5, 5.41) is 0. The van der Waals surface area contributed by atoms with Crippen molar-refractivity contribution in [1.82, 2.24) is 0 Å². The molecule has 2 N–H and O–H groups in total. The molecule has 1 aromatic carbocycles. The van der Waals surface area contributed by atoms with Crippen LogP contribution in [0.25, 0.3) is 0 Å². The number of rotatable bonds is 3. The lowest BCUT2D eigenvalue weighted by Crippen LogP contribution is -2.28. The first-order chi connectivity index (χ1) is 8.54. The van der Waals surface area contributed by atoms with Crippen molar-refractivity contribution in [1.29, 1.82) is 0 Å². The molecule has 0 aromatic heterocycles. The van der Waals surface area contributed by atoms with Gasteiger partial charge in [-0.15, -0.1) is 0 Å². The zero-order valence-electron chi connectivity index (χ0n) is 10.5. The fourth-order valence-corrected chi connectivity index (χ4v) is 2.43. The maximum atomic E-state index is 13.9. The zero-order chi connectivity index (χ0) is 13.3. The highest BCUT2D eigenvalue weighted by molar-refractivity contribution is 5.33. The van der Waals surface area contributed by atoms with Crippen molar-refractivity contribution in [3.63, 3.8) is 0 Å². The Morgan fingerprint density at radius 1 is 1.39 bits per heavy atom. The van der Waals surface area contributed by atoms with E-state index in [0.717, 1.165) is 12.1 Å². The molecule has 1 fully saturated rings. The minimum atomic E-state index is -0.701. The summed E-state index contributed by atoms with van der Waals surface area (Å²) in [5.74, 6) is -1.25. The summed E-state index contributed by atoms with van der Waals surface area (Å²) in [6.45, 7) is 2.45. The highest BCUT2D eigenvalue weighted by Crippen LogP contribution is 2.35. The SMILES string of the molecule is COc1cc(F)c(C(N)C2CCOC2C)c(F)c1. The first-order valence-electron chi connectivity index (χ1n) is 5.94. The summed E-state index contributed by atoms with van der Waals surface area (Å²) in [7, 11) is 1.36. The third-order valence-corrected chi connectivity index (χ3v) is 3.52. The van der Waals surface area contributed by atoms with Gasteiger partial charge in [0.25, 0.3) is 0 Å². The van der Waals surface area contributed by atoms with Gasteiger partial charge < -0.3 is 15.2 Å². The fraction of sp³-hybridized carbons (Fsp3) is 0.538. The topological polar surface area (TPSA) is 44.5 Å². The highest BCUT2D eigenvalue weighted by Gasteiger charge is 2.33. The molecule has 18 heavy (non-hydrogen) atoms. The van der Waals surface area contributed by atoms with Gasteiger partial charge in [0.15, 0.2) is 0 Å². The fourth-order valence-electron chi connectivity index (χ4n) is 2.43. The minimum Gasteiger partial charge on any atom is -0.497 e. The van der Waals surface area contributed by atoms with Gasteiger partial charge in [0, 0.05) is 36.3 Å². The van der Waals surface area contributed by atoms with E-state index in [1.165, 1.54) is 7.11 Å². The Labute approximate surface area is 105 Å². The van der Waals surface area contributed by atoms with Crippen LogP contribution in [0.3, 0.4) is 0 Å². The quantitative estimate of drug-likeness (QED) is 0.904. The average molecular weight is 257 g/mol. The molecule has 0 spiro atoms. The normalized spacial score (nSPS) is 25.2. The number of ether oxygens (including phenoxy) is 2. The molecule has 0 amide bonds. The molecule has 100 valence electrons. The van der Waals surface area contributed by atoms with Crippen LogP contribution in [0.2, 0.25) is 0 Å². The van der Waals surface area contributed by atoms with E-state index < -0.39 is 17.7 Å². The largest absolute Gasteiger partial charge is 0.497 e. The first kappa shape index (κ1) is 13.2. The summed E-state index contributed by atoms with van der Waals surface area (Å²) in [5.41, 5.74) is 5.90. The van der Waals surface area contributed by atoms with Crippen LogP contribution in [0.15, 0.2) is 12.1 Å². The van der Waals surface area contributed by atoms with Gasteiger partial charge >= 0.3 is 0 Å². The smallest absolute Gasteiger partial charge is 0.134 e. The molecule has 1 saturated heterocycles. The molecule has 1 heterocycles. The standard InChI is InChI=1S/C13H17F2NO2/c1-7-9(3-4-18-7)13(16)12-10(14)5-8(17-2)6-11(12)15/h5-7,9,13H,3-4,16H2,1-2H3. The maximum absolute atomic E-state index is 13.9. The van der Waals surface area contributed by atoms with E-state index in [2.05, 4.69) is 0 Å². The second-order valence-electron chi connectivity index (χ2n) is 4.56. The van der Waals surface area contributed by atoms with E-state index in [1.807, 2.05) is 6.92 Å². The highest BCUT2D eigenvalue weighted by atomic mass is 19.1. The number of halogens is 2. The average Bonchev–Trinajstić information content (AvgIpc) is 2.74. The molecular weight excluding hydrogens is 240 g/mol. The molecule has 1 aliphatic heterocycles. The molecule has 0 saturated carbocycles. The molecule has 0 bridgehead atoms. The number of hydrogen-bond donors (Lipinski definition) is 1. The van der Waals surface area contributed by atoms with Crippen molar-refractivity contribution in [2.24, 2.45) is 11.7 Å². The third-order valence-electron chi connectivity index (χ3n) is 3.52. The monoisotopic (exact) mass is 257 g/mol. The first-order valence-corrected chi connectivity index (χ1v) is 5.94. The molecule has 1 aromatic rings. The van der Waals surface area contributed by atoms with Crippen LogP contribution in [0.1, 0.15) is 24.9 Å². The summed E-state index contributed by atoms with van der Waals surface area (Å²) in [6.07, 6.45) is 0.633. The molecule has 2 rings (SSSR count). The van der Waals surface area contributed by atoms with Gasteiger partial charge in [0.1, 0.15) is 17.4 Å². The Balaban J connectivity index is 2.32. The van der Waals surface area contributed by atoms with Crippen LogP contribution in [0.4, 0.5) is 8.78 Å². The number of methoxy groups -OCH3 is 1. The van der Waals surface area contributed by atoms with E-state index in [9.17, 15) is 8.78 Å². The van der Waals surface area contributed by atoms with Crippen LogP contribution >= 0.6 is 0 Å². The van der Waals surface area contributed by atoms with Gasteiger partial charge in [-0.05, 0) is 13.3 Å². The van der Waals surface area contributed by atoms with Crippen molar-refractivity contribution in [3.05, 3.63) is 29.3 Å².